The molecule has 0 atom stereocenters. The normalized spacial score (nSPS) is 13.2. The highest BCUT2D eigenvalue weighted by Crippen LogP contribution is 2.34. The molecule has 1 aliphatic heterocycles. The molecule has 0 amide bonds. The second kappa shape index (κ2) is 10.4. The average molecular weight is 452 g/mol. The van der Waals surface area contributed by atoms with Gasteiger partial charge in [-0.3, -0.25) is 4.90 Å². The zero-order chi connectivity index (χ0) is 23.2. The van der Waals surface area contributed by atoms with Gasteiger partial charge in [0.2, 0.25) is 0 Å². The summed E-state index contributed by atoms with van der Waals surface area (Å²) in [5.74, 6) is 3.31. The molecule has 0 saturated carbocycles. The highest BCUT2D eigenvalue weighted by Gasteiger charge is 2.20. The number of hydrogen-bond donors (Lipinski definition) is 0. The van der Waals surface area contributed by atoms with E-state index in [-0.39, 0.29) is 0 Å². The molecule has 0 spiro atoms. The predicted octanol–water partition coefficient (Wildman–Crippen LogP) is 6.62. The van der Waals surface area contributed by atoms with Crippen LogP contribution in [-0.2, 0) is 26.1 Å². The van der Waals surface area contributed by atoms with E-state index in [1.54, 1.807) is 7.11 Å². The Labute approximate surface area is 201 Å². The van der Waals surface area contributed by atoms with E-state index in [0.717, 1.165) is 54.6 Å². The second-order valence-electron chi connectivity index (χ2n) is 8.57. The molecule has 0 aliphatic carbocycles. The Kier molecular flexibility index (Phi) is 6.78. The monoisotopic (exact) mass is 451 g/mol. The summed E-state index contributed by atoms with van der Waals surface area (Å²) in [5.41, 5.74) is 5.02. The van der Waals surface area contributed by atoms with E-state index in [9.17, 15) is 0 Å². The first-order chi connectivity index (χ1) is 16.8. The largest absolute Gasteiger partial charge is 0.493 e. The lowest BCUT2D eigenvalue weighted by Crippen LogP contribution is -2.30. The number of rotatable bonds is 8. The maximum absolute atomic E-state index is 6.11. The fraction of sp³-hybridized carbons (Fsp3) is 0.200. The molecule has 34 heavy (non-hydrogen) atoms. The van der Waals surface area contributed by atoms with Crippen molar-refractivity contribution < 1.29 is 14.2 Å². The molecule has 4 nitrogen and oxygen atoms in total. The summed E-state index contributed by atoms with van der Waals surface area (Å²) in [4.78, 5) is 2.47. The average Bonchev–Trinajstić information content (AvgIpc) is 2.88. The number of hydrogen-bond acceptors (Lipinski definition) is 4. The predicted molar refractivity (Wildman–Crippen MR) is 135 cm³/mol. The summed E-state index contributed by atoms with van der Waals surface area (Å²) in [6, 6.07) is 32.8. The lowest BCUT2D eigenvalue weighted by atomic mass is 9.98. The van der Waals surface area contributed by atoms with Crippen LogP contribution >= 0.6 is 0 Å². The van der Waals surface area contributed by atoms with E-state index >= 15 is 0 Å². The van der Waals surface area contributed by atoms with Crippen molar-refractivity contribution in [1.82, 2.24) is 4.90 Å². The van der Waals surface area contributed by atoms with Gasteiger partial charge in [-0.2, -0.15) is 0 Å². The van der Waals surface area contributed by atoms with Gasteiger partial charge >= 0.3 is 0 Å². The molecule has 1 heterocycles. The first-order valence-electron chi connectivity index (χ1n) is 11.7. The van der Waals surface area contributed by atoms with E-state index in [2.05, 4.69) is 47.4 Å². The summed E-state index contributed by atoms with van der Waals surface area (Å²) in [6.07, 6.45) is 0.987. The van der Waals surface area contributed by atoms with Crippen molar-refractivity contribution >= 4 is 0 Å². The van der Waals surface area contributed by atoms with Crippen LogP contribution in [0.4, 0.5) is 0 Å². The highest BCUT2D eigenvalue weighted by molar-refractivity contribution is 5.48. The van der Waals surface area contributed by atoms with Crippen LogP contribution in [0.1, 0.15) is 22.3 Å². The van der Waals surface area contributed by atoms with E-state index < -0.39 is 0 Å². The maximum Gasteiger partial charge on any atom is 0.161 e. The number of fused-ring (bicyclic) bond motifs is 1. The van der Waals surface area contributed by atoms with Gasteiger partial charge in [0, 0.05) is 19.6 Å². The Morgan fingerprint density at radius 2 is 1.41 bits per heavy atom. The van der Waals surface area contributed by atoms with E-state index in [1.807, 2.05) is 54.6 Å². The Hall–Kier alpha value is -3.76. The van der Waals surface area contributed by atoms with Crippen molar-refractivity contribution in [3.05, 3.63) is 119 Å². The van der Waals surface area contributed by atoms with Crippen LogP contribution in [0.25, 0.3) is 0 Å². The van der Waals surface area contributed by atoms with Crippen LogP contribution in [0.2, 0.25) is 0 Å². The van der Waals surface area contributed by atoms with Gasteiger partial charge in [-0.1, -0.05) is 60.7 Å². The highest BCUT2D eigenvalue weighted by atomic mass is 16.5. The third-order valence-corrected chi connectivity index (χ3v) is 6.10. The fourth-order valence-corrected chi connectivity index (χ4v) is 4.36. The van der Waals surface area contributed by atoms with Crippen LogP contribution in [0.3, 0.4) is 0 Å². The third-order valence-electron chi connectivity index (χ3n) is 6.10. The van der Waals surface area contributed by atoms with Gasteiger partial charge in [-0.25, -0.2) is 0 Å². The van der Waals surface area contributed by atoms with Crippen LogP contribution < -0.4 is 14.2 Å². The molecule has 0 bridgehead atoms. The molecule has 0 aromatic heterocycles. The van der Waals surface area contributed by atoms with Gasteiger partial charge in [0.05, 0.1) is 7.11 Å². The van der Waals surface area contributed by atoms with Crippen molar-refractivity contribution in [3.8, 4) is 23.0 Å². The molecule has 4 heteroatoms. The summed E-state index contributed by atoms with van der Waals surface area (Å²) < 4.78 is 17.8. The minimum atomic E-state index is 0.531. The molecule has 4 aromatic carbocycles. The summed E-state index contributed by atoms with van der Waals surface area (Å²) in [7, 11) is 1.70. The Morgan fingerprint density at radius 3 is 2.21 bits per heavy atom. The standard InChI is InChI=1S/C30H29NO3/c1-32-29-19-26-21-31(16-15-25(26)18-30(29)33-22-23-9-4-2-5-10-23)20-24-11-8-14-28(17-24)34-27-12-6-3-7-13-27/h2-14,17-19H,15-16,20-22H2,1H3. The first-order valence-corrected chi connectivity index (χ1v) is 11.7. The molecule has 0 radical (unpaired) electrons. The zero-order valence-corrected chi connectivity index (χ0v) is 19.4. The van der Waals surface area contributed by atoms with Gasteiger partial charge < -0.3 is 14.2 Å². The van der Waals surface area contributed by atoms with Gasteiger partial charge in [0.15, 0.2) is 11.5 Å². The van der Waals surface area contributed by atoms with Crippen LogP contribution in [0, 0.1) is 0 Å². The molecule has 0 fully saturated rings. The smallest absolute Gasteiger partial charge is 0.161 e. The molecule has 0 N–H and O–H groups in total. The molecule has 0 saturated heterocycles. The van der Waals surface area contributed by atoms with Crippen molar-refractivity contribution in [1.29, 1.82) is 0 Å². The molecule has 5 rings (SSSR count). The lowest BCUT2D eigenvalue weighted by Gasteiger charge is -2.29. The lowest BCUT2D eigenvalue weighted by molar-refractivity contribution is 0.242. The zero-order valence-electron chi connectivity index (χ0n) is 19.4. The van der Waals surface area contributed by atoms with Crippen molar-refractivity contribution in [3.63, 3.8) is 0 Å². The quantitative estimate of drug-likeness (QED) is 0.301. The van der Waals surface area contributed by atoms with E-state index in [4.69, 9.17) is 14.2 Å². The molecule has 4 aromatic rings. The molecule has 0 unspecified atom stereocenters. The van der Waals surface area contributed by atoms with E-state index in [1.165, 1.54) is 16.7 Å². The first kappa shape index (κ1) is 22.1. The van der Waals surface area contributed by atoms with Crippen molar-refractivity contribution in [2.75, 3.05) is 13.7 Å². The van der Waals surface area contributed by atoms with Crippen LogP contribution in [-0.4, -0.2) is 18.6 Å². The minimum absolute atomic E-state index is 0.531. The molecular formula is C30H29NO3. The Morgan fingerprint density at radius 1 is 0.706 bits per heavy atom. The van der Waals surface area contributed by atoms with Gasteiger partial charge in [0.1, 0.15) is 18.1 Å². The number of benzene rings is 4. The summed E-state index contributed by atoms with van der Waals surface area (Å²) in [5, 5.41) is 0. The molecule has 1 aliphatic rings. The SMILES string of the molecule is COc1cc2c(cc1OCc1ccccc1)CCN(Cc1cccc(Oc3ccccc3)c1)C2. The maximum atomic E-state index is 6.11. The number of methoxy groups -OCH3 is 1. The number of nitrogens with zero attached hydrogens (tertiary/aromatic N) is 1. The fourth-order valence-electron chi connectivity index (χ4n) is 4.36. The molecule has 172 valence electrons. The van der Waals surface area contributed by atoms with E-state index in [0.29, 0.717) is 6.61 Å². The van der Waals surface area contributed by atoms with Crippen LogP contribution in [0.5, 0.6) is 23.0 Å². The summed E-state index contributed by atoms with van der Waals surface area (Å²) in [6.45, 7) is 3.29. The Balaban J connectivity index is 1.25. The van der Waals surface area contributed by atoms with Crippen LogP contribution in [0.15, 0.2) is 97.1 Å². The number of para-hydroxylation sites is 1. The third kappa shape index (κ3) is 5.41. The van der Waals surface area contributed by atoms with Crippen molar-refractivity contribution in [2.24, 2.45) is 0 Å². The van der Waals surface area contributed by atoms with Gasteiger partial charge in [-0.15, -0.1) is 0 Å². The minimum Gasteiger partial charge on any atom is -0.493 e. The number of ether oxygens (including phenoxy) is 3. The second-order valence-corrected chi connectivity index (χ2v) is 8.57. The van der Waals surface area contributed by atoms with Gasteiger partial charge in [-0.05, 0) is 65.1 Å². The van der Waals surface area contributed by atoms with Crippen molar-refractivity contribution in [2.45, 2.75) is 26.1 Å². The Bertz CT molecular complexity index is 1220. The summed E-state index contributed by atoms with van der Waals surface area (Å²) >= 11 is 0. The topological polar surface area (TPSA) is 30.9 Å². The molecular weight excluding hydrogens is 422 g/mol. The van der Waals surface area contributed by atoms with Gasteiger partial charge in [0.25, 0.3) is 0 Å².